The zero-order valence-corrected chi connectivity index (χ0v) is 14.9. The van der Waals surface area contributed by atoms with Crippen LogP contribution in [0.3, 0.4) is 0 Å². The van der Waals surface area contributed by atoms with Crippen molar-refractivity contribution < 1.29 is 4.79 Å². The fourth-order valence-electron chi connectivity index (χ4n) is 6.36. The number of carbonyl (C=O) groups is 1. The summed E-state index contributed by atoms with van der Waals surface area (Å²) < 4.78 is 0. The molecule has 0 N–H and O–H groups in total. The molecule has 0 heterocycles. The van der Waals surface area contributed by atoms with E-state index in [1.165, 1.54) is 32.0 Å². The van der Waals surface area contributed by atoms with Crippen molar-refractivity contribution in [1.29, 1.82) is 0 Å². The van der Waals surface area contributed by atoms with E-state index < -0.39 is 0 Å². The second-order valence-electron chi connectivity index (χ2n) is 10.4. The molecule has 3 fully saturated rings. The number of rotatable bonds is 1. The molecule has 1 heteroatoms. The standard InChI is InChI=1S/C20H34O/c1-19(2,3)17-9-15-12-7-13(11-21)14(8-12)16(15)10-18(17)20(4,5)6/h11-18H,7-10H2,1-6H3. The van der Waals surface area contributed by atoms with E-state index in [0.717, 1.165) is 35.5 Å². The van der Waals surface area contributed by atoms with Crippen LogP contribution >= 0.6 is 0 Å². The monoisotopic (exact) mass is 290 g/mol. The van der Waals surface area contributed by atoms with Gasteiger partial charge in [0.25, 0.3) is 0 Å². The van der Waals surface area contributed by atoms with Crippen LogP contribution in [0.5, 0.6) is 0 Å². The third-order valence-corrected chi connectivity index (χ3v) is 7.34. The van der Waals surface area contributed by atoms with Crippen molar-refractivity contribution in [1.82, 2.24) is 0 Å². The molecule has 0 spiro atoms. The summed E-state index contributed by atoms with van der Waals surface area (Å²) in [4.78, 5) is 11.4. The van der Waals surface area contributed by atoms with Gasteiger partial charge in [0.1, 0.15) is 6.29 Å². The Balaban J connectivity index is 1.87. The molecule has 0 aromatic rings. The van der Waals surface area contributed by atoms with Crippen molar-refractivity contribution in [3.8, 4) is 0 Å². The highest BCUT2D eigenvalue weighted by molar-refractivity contribution is 5.55. The Morgan fingerprint density at radius 2 is 1.24 bits per heavy atom. The third-order valence-electron chi connectivity index (χ3n) is 7.34. The number of carbonyl (C=O) groups excluding carboxylic acids is 1. The largest absolute Gasteiger partial charge is 0.303 e. The molecule has 2 bridgehead atoms. The van der Waals surface area contributed by atoms with Crippen LogP contribution in [0.15, 0.2) is 0 Å². The summed E-state index contributed by atoms with van der Waals surface area (Å²) >= 11 is 0. The molecule has 0 aromatic heterocycles. The van der Waals surface area contributed by atoms with Crippen molar-refractivity contribution in [2.45, 2.75) is 67.2 Å². The predicted molar refractivity (Wildman–Crippen MR) is 87.9 cm³/mol. The first-order valence-corrected chi connectivity index (χ1v) is 9.08. The number of hydrogen-bond donors (Lipinski definition) is 0. The van der Waals surface area contributed by atoms with Gasteiger partial charge in [0.05, 0.1) is 0 Å². The topological polar surface area (TPSA) is 17.1 Å². The Morgan fingerprint density at radius 1 is 0.714 bits per heavy atom. The van der Waals surface area contributed by atoms with E-state index in [4.69, 9.17) is 0 Å². The van der Waals surface area contributed by atoms with Crippen LogP contribution in [0.4, 0.5) is 0 Å². The first kappa shape index (κ1) is 15.6. The zero-order valence-electron chi connectivity index (χ0n) is 14.9. The van der Waals surface area contributed by atoms with E-state index in [2.05, 4.69) is 41.5 Å². The van der Waals surface area contributed by atoms with Gasteiger partial charge in [-0.05, 0) is 72.0 Å². The minimum Gasteiger partial charge on any atom is -0.303 e. The van der Waals surface area contributed by atoms with Gasteiger partial charge < -0.3 is 4.79 Å². The molecule has 1 nitrogen and oxygen atoms in total. The highest BCUT2D eigenvalue weighted by Gasteiger charge is 2.57. The molecule has 3 rings (SSSR count). The molecule has 21 heavy (non-hydrogen) atoms. The Bertz CT molecular complexity index is 411. The van der Waals surface area contributed by atoms with Gasteiger partial charge >= 0.3 is 0 Å². The maximum Gasteiger partial charge on any atom is 0.123 e. The van der Waals surface area contributed by atoms with Crippen LogP contribution in [-0.2, 0) is 4.79 Å². The fourth-order valence-corrected chi connectivity index (χ4v) is 6.36. The predicted octanol–water partition coefficient (Wildman–Crippen LogP) is 5.19. The Labute approximate surface area is 131 Å². The SMILES string of the molecule is CC(C)(C)C1CC2C3CC(C=O)C(C3)C2CC1C(C)(C)C. The van der Waals surface area contributed by atoms with Gasteiger partial charge in [-0.3, -0.25) is 0 Å². The van der Waals surface area contributed by atoms with Gasteiger partial charge in [0, 0.05) is 5.92 Å². The van der Waals surface area contributed by atoms with Crippen molar-refractivity contribution >= 4 is 6.29 Å². The minimum atomic E-state index is 0.390. The molecule has 7 unspecified atom stereocenters. The van der Waals surface area contributed by atoms with Crippen LogP contribution in [-0.4, -0.2) is 6.29 Å². The van der Waals surface area contributed by atoms with Gasteiger partial charge in [-0.2, -0.15) is 0 Å². The Kier molecular flexibility index (Phi) is 3.58. The summed E-state index contributed by atoms with van der Waals surface area (Å²) in [5.74, 6) is 5.40. The van der Waals surface area contributed by atoms with Crippen molar-refractivity contribution in [3.63, 3.8) is 0 Å². The summed E-state index contributed by atoms with van der Waals surface area (Å²) in [6.45, 7) is 14.6. The van der Waals surface area contributed by atoms with E-state index in [-0.39, 0.29) is 0 Å². The lowest BCUT2D eigenvalue weighted by Gasteiger charge is -2.53. The summed E-state index contributed by atoms with van der Waals surface area (Å²) in [5.41, 5.74) is 0.802. The molecule has 0 aliphatic heterocycles. The lowest BCUT2D eigenvalue weighted by atomic mass is 9.52. The quantitative estimate of drug-likeness (QED) is 0.607. The fraction of sp³-hybridized carbons (Fsp3) is 0.950. The molecule has 120 valence electrons. The molecule has 0 radical (unpaired) electrons. The van der Waals surface area contributed by atoms with E-state index in [0.29, 0.717) is 16.7 Å². The number of hydrogen-bond acceptors (Lipinski definition) is 1. The molecule has 0 saturated heterocycles. The molecule has 7 atom stereocenters. The summed E-state index contributed by atoms with van der Waals surface area (Å²) in [6.07, 6.45) is 6.63. The molecule has 3 saturated carbocycles. The lowest BCUT2D eigenvalue weighted by Crippen LogP contribution is -2.46. The second-order valence-corrected chi connectivity index (χ2v) is 10.4. The molecule has 3 aliphatic carbocycles. The minimum absolute atomic E-state index is 0.390. The molecule has 3 aliphatic rings. The van der Waals surface area contributed by atoms with E-state index in [9.17, 15) is 4.79 Å². The van der Waals surface area contributed by atoms with E-state index >= 15 is 0 Å². The first-order valence-electron chi connectivity index (χ1n) is 9.08. The van der Waals surface area contributed by atoms with Gasteiger partial charge in [-0.15, -0.1) is 0 Å². The maximum atomic E-state index is 11.4. The van der Waals surface area contributed by atoms with Crippen LogP contribution in [0.25, 0.3) is 0 Å². The van der Waals surface area contributed by atoms with Gasteiger partial charge in [-0.1, -0.05) is 41.5 Å². The molecular weight excluding hydrogens is 256 g/mol. The number of fused-ring (bicyclic) bond motifs is 5. The maximum absolute atomic E-state index is 11.4. The van der Waals surface area contributed by atoms with E-state index in [1.54, 1.807) is 0 Å². The van der Waals surface area contributed by atoms with Gasteiger partial charge in [-0.25, -0.2) is 0 Å². The molecular formula is C20H34O. The summed E-state index contributed by atoms with van der Waals surface area (Å²) in [7, 11) is 0. The van der Waals surface area contributed by atoms with Crippen LogP contribution in [0, 0.1) is 52.3 Å². The molecule has 0 amide bonds. The van der Waals surface area contributed by atoms with Gasteiger partial charge in [0.2, 0.25) is 0 Å². The van der Waals surface area contributed by atoms with Crippen molar-refractivity contribution in [3.05, 3.63) is 0 Å². The second kappa shape index (κ2) is 4.83. The van der Waals surface area contributed by atoms with Crippen LogP contribution in [0.2, 0.25) is 0 Å². The first-order chi connectivity index (χ1) is 9.63. The smallest absolute Gasteiger partial charge is 0.123 e. The third kappa shape index (κ3) is 2.49. The summed E-state index contributed by atoms with van der Waals surface area (Å²) in [6, 6.07) is 0. The Morgan fingerprint density at radius 3 is 1.71 bits per heavy atom. The van der Waals surface area contributed by atoms with Crippen molar-refractivity contribution in [2.24, 2.45) is 52.3 Å². The number of aldehydes is 1. The average Bonchev–Trinajstić information content (AvgIpc) is 2.93. The normalized spacial score (nSPS) is 46.5. The van der Waals surface area contributed by atoms with E-state index in [1.807, 2.05) is 0 Å². The van der Waals surface area contributed by atoms with Crippen LogP contribution in [0.1, 0.15) is 67.2 Å². The van der Waals surface area contributed by atoms with Crippen molar-refractivity contribution in [2.75, 3.05) is 0 Å². The highest BCUT2D eigenvalue weighted by Crippen LogP contribution is 2.64. The van der Waals surface area contributed by atoms with Crippen LogP contribution < -0.4 is 0 Å². The summed E-state index contributed by atoms with van der Waals surface area (Å²) in [5, 5.41) is 0. The lowest BCUT2D eigenvalue weighted by molar-refractivity contribution is -0.115. The Hall–Kier alpha value is -0.330. The highest BCUT2D eigenvalue weighted by atomic mass is 16.1. The van der Waals surface area contributed by atoms with Gasteiger partial charge in [0.15, 0.2) is 0 Å². The average molecular weight is 290 g/mol. The molecule has 0 aromatic carbocycles. The zero-order chi connectivity index (χ0) is 15.6.